The van der Waals surface area contributed by atoms with Crippen LogP contribution in [0.1, 0.15) is 47.2 Å². The zero-order valence-corrected chi connectivity index (χ0v) is 19.4. The number of nitrogens with zero attached hydrogens (tertiary/aromatic N) is 4. The number of fused-ring (bicyclic) bond motifs is 1. The molecule has 8 nitrogen and oxygen atoms in total. The first kappa shape index (κ1) is 21.3. The summed E-state index contributed by atoms with van der Waals surface area (Å²) in [6.07, 6.45) is 7.78. The summed E-state index contributed by atoms with van der Waals surface area (Å²) in [7, 11) is 0. The number of piperazine rings is 1. The van der Waals surface area contributed by atoms with Crippen molar-refractivity contribution in [1.82, 2.24) is 19.4 Å². The van der Waals surface area contributed by atoms with Gasteiger partial charge in [0, 0.05) is 37.6 Å². The number of hydrogen-bond acceptors (Lipinski definition) is 6. The van der Waals surface area contributed by atoms with Gasteiger partial charge in [-0.3, -0.25) is 9.36 Å². The molecule has 2 fully saturated rings. The molecule has 0 bridgehead atoms. The number of allylic oxidation sites excluding steroid dienone is 1. The molecule has 3 heterocycles. The number of rotatable bonds is 5. The number of halogens is 1. The van der Waals surface area contributed by atoms with Crippen molar-refractivity contribution in [2.75, 3.05) is 36.4 Å². The topological polar surface area (TPSA) is 84.2 Å². The van der Waals surface area contributed by atoms with E-state index in [0.29, 0.717) is 10.8 Å². The fourth-order valence-electron chi connectivity index (χ4n) is 4.74. The lowest BCUT2D eigenvalue weighted by molar-refractivity contribution is 0.102. The van der Waals surface area contributed by atoms with Gasteiger partial charge in [-0.1, -0.05) is 6.08 Å². The number of amides is 1. The third-order valence-electron chi connectivity index (χ3n) is 6.54. The van der Waals surface area contributed by atoms with Crippen LogP contribution in [0.3, 0.4) is 0 Å². The van der Waals surface area contributed by atoms with E-state index in [4.69, 9.17) is 0 Å². The van der Waals surface area contributed by atoms with Crippen LogP contribution < -0.4 is 21.2 Å². The van der Waals surface area contributed by atoms with Crippen molar-refractivity contribution in [3.63, 3.8) is 0 Å². The normalized spacial score (nSPS) is 17.6. The van der Waals surface area contributed by atoms with E-state index in [1.54, 1.807) is 16.0 Å². The summed E-state index contributed by atoms with van der Waals surface area (Å²) < 4.78 is 17.6. The third-order valence-corrected chi connectivity index (χ3v) is 7.36. The lowest BCUT2D eigenvalue weighted by Crippen LogP contribution is -2.43. The van der Waals surface area contributed by atoms with E-state index < -0.39 is 11.7 Å². The average Bonchev–Trinajstić information content (AvgIpc) is 3.47. The molecule has 6 rings (SSSR count). The van der Waals surface area contributed by atoms with E-state index in [0.717, 1.165) is 68.9 Å². The molecule has 1 aromatic carbocycles. The van der Waals surface area contributed by atoms with Gasteiger partial charge in [-0.25, -0.2) is 18.7 Å². The number of thiazole rings is 1. The van der Waals surface area contributed by atoms with Gasteiger partial charge in [0.15, 0.2) is 5.13 Å². The molecule has 0 spiro atoms. The van der Waals surface area contributed by atoms with Crippen LogP contribution in [-0.4, -0.2) is 46.2 Å². The minimum Gasteiger partial charge on any atom is -0.367 e. The Bertz CT molecular complexity index is 1350. The van der Waals surface area contributed by atoms with Crippen LogP contribution in [0.25, 0.3) is 11.2 Å². The van der Waals surface area contributed by atoms with Crippen molar-refractivity contribution in [2.24, 2.45) is 0 Å². The van der Waals surface area contributed by atoms with Crippen LogP contribution in [0.2, 0.25) is 0 Å². The van der Waals surface area contributed by atoms with E-state index >= 15 is 0 Å². The Morgan fingerprint density at radius 3 is 2.85 bits per heavy atom. The molecule has 2 aliphatic carbocycles. The maximum atomic E-state index is 14.0. The van der Waals surface area contributed by atoms with Gasteiger partial charge in [-0.2, -0.15) is 0 Å². The van der Waals surface area contributed by atoms with Crippen LogP contribution in [0.4, 0.5) is 15.8 Å². The maximum absolute atomic E-state index is 14.0. The quantitative estimate of drug-likeness (QED) is 0.586. The minimum absolute atomic E-state index is 0.0912. The summed E-state index contributed by atoms with van der Waals surface area (Å²) in [4.78, 5) is 33.0. The van der Waals surface area contributed by atoms with E-state index in [2.05, 4.69) is 26.6 Å². The zero-order chi connectivity index (χ0) is 23.2. The molecule has 1 saturated heterocycles. The predicted octanol–water partition coefficient (Wildman–Crippen LogP) is 3.19. The Kier molecular flexibility index (Phi) is 5.34. The van der Waals surface area contributed by atoms with Crippen molar-refractivity contribution < 1.29 is 9.18 Å². The van der Waals surface area contributed by atoms with Gasteiger partial charge in [0.2, 0.25) is 0 Å². The van der Waals surface area contributed by atoms with Crippen molar-refractivity contribution >= 4 is 34.7 Å². The largest absolute Gasteiger partial charge is 0.367 e. The van der Waals surface area contributed by atoms with Crippen molar-refractivity contribution in [2.45, 2.75) is 31.7 Å². The Labute approximate surface area is 199 Å². The van der Waals surface area contributed by atoms with Crippen LogP contribution in [0.15, 0.2) is 34.4 Å². The molecule has 1 saturated carbocycles. The first-order valence-corrected chi connectivity index (χ1v) is 12.5. The van der Waals surface area contributed by atoms with Crippen LogP contribution >= 0.6 is 11.3 Å². The summed E-state index contributed by atoms with van der Waals surface area (Å²) in [6, 6.07) is 4.70. The fraction of sp³-hybridized carbons (Fsp3) is 0.375. The third kappa shape index (κ3) is 3.76. The van der Waals surface area contributed by atoms with E-state index in [1.807, 2.05) is 10.6 Å². The Balaban J connectivity index is 1.30. The van der Waals surface area contributed by atoms with Gasteiger partial charge in [0.1, 0.15) is 11.5 Å². The molecule has 3 aliphatic rings. The molecule has 0 unspecified atom stereocenters. The summed E-state index contributed by atoms with van der Waals surface area (Å²) in [6.45, 7) is 3.20. The number of anilines is 2. The smallest absolute Gasteiger partial charge is 0.335 e. The van der Waals surface area contributed by atoms with Gasteiger partial charge in [-0.05, 0) is 50.0 Å². The average molecular weight is 481 g/mol. The zero-order valence-electron chi connectivity index (χ0n) is 18.6. The van der Waals surface area contributed by atoms with Gasteiger partial charge < -0.3 is 15.5 Å². The Morgan fingerprint density at radius 1 is 1.24 bits per heavy atom. The molecular formula is C24H25FN6O2S. The first-order valence-electron chi connectivity index (χ1n) is 11.7. The number of imidazole rings is 1. The van der Waals surface area contributed by atoms with Crippen molar-refractivity contribution in [1.29, 1.82) is 0 Å². The number of carbonyl (C=O) groups excluding carboxylic acids is 1. The Hall–Kier alpha value is -3.24. The van der Waals surface area contributed by atoms with Gasteiger partial charge in [0.25, 0.3) is 5.91 Å². The van der Waals surface area contributed by atoms with Crippen molar-refractivity contribution in [3.05, 3.63) is 63.0 Å². The SMILES string of the molecule is O=C(Nc1cc(F)ccc1N1CCNCC1)c1csc(-n2c3c(n(C4CC4)c2=O)C=CCC3)n1. The first-order chi connectivity index (χ1) is 16.6. The molecule has 1 amide bonds. The minimum atomic E-state index is -0.423. The summed E-state index contributed by atoms with van der Waals surface area (Å²) in [5.41, 5.74) is 3.23. The second-order valence-corrected chi connectivity index (χ2v) is 9.70. The highest BCUT2D eigenvalue weighted by molar-refractivity contribution is 7.12. The number of nitrogens with one attached hydrogen (secondary N) is 2. The molecule has 2 N–H and O–H groups in total. The van der Waals surface area contributed by atoms with Crippen LogP contribution in [0, 0.1) is 5.82 Å². The molecule has 34 heavy (non-hydrogen) atoms. The summed E-state index contributed by atoms with van der Waals surface area (Å²) >= 11 is 1.27. The van der Waals surface area contributed by atoms with Gasteiger partial charge in [0.05, 0.1) is 22.8 Å². The van der Waals surface area contributed by atoms with E-state index in [-0.39, 0.29) is 17.4 Å². The molecular weight excluding hydrogens is 455 g/mol. The lowest BCUT2D eigenvalue weighted by atomic mass is 10.1. The second kappa shape index (κ2) is 8.52. The summed E-state index contributed by atoms with van der Waals surface area (Å²) in [5.74, 6) is -0.839. The lowest BCUT2D eigenvalue weighted by Gasteiger charge is -2.31. The molecule has 176 valence electrons. The molecule has 3 aromatic rings. The van der Waals surface area contributed by atoms with Crippen molar-refractivity contribution in [3.8, 4) is 5.13 Å². The molecule has 10 heteroatoms. The summed E-state index contributed by atoms with van der Waals surface area (Å²) in [5, 5.41) is 8.27. The fourth-order valence-corrected chi connectivity index (χ4v) is 5.56. The molecule has 0 radical (unpaired) electrons. The van der Waals surface area contributed by atoms with E-state index in [9.17, 15) is 14.0 Å². The van der Waals surface area contributed by atoms with Crippen LogP contribution in [0.5, 0.6) is 0 Å². The predicted molar refractivity (Wildman–Crippen MR) is 131 cm³/mol. The van der Waals surface area contributed by atoms with Gasteiger partial charge >= 0.3 is 5.69 Å². The number of hydrogen-bond donors (Lipinski definition) is 2. The monoisotopic (exact) mass is 480 g/mol. The second-order valence-electron chi connectivity index (χ2n) is 8.86. The standard InChI is InChI=1S/C24H25FN6O2S/c25-15-5-8-19(29-11-9-26-10-12-29)17(13-15)27-22(32)18-14-34-23(28-18)31-21-4-2-1-3-20(21)30(24(31)33)16-6-7-16/h1,3,5,8,13-14,16,26H,2,4,6-7,9-12H2,(H,27,32). The Morgan fingerprint density at radius 2 is 2.06 bits per heavy atom. The number of aromatic nitrogens is 3. The molecule has 0 atom stereocenters. The maximum Gasteiger partial charge on any atom is 0.335 e. The number of benzene rings is 1. The highest BCUT2D eigenvalue weighted by atomic mass is 32.1. The molecule has 2 aromatic heterocycles. The van der Waals surface area contributed by atoms with Crippen LogP contribution in [-0.2, 0) is 6.42 Å². The number of carbonyl (C=O) groups is 1. The molecule has 1 aliphatic heterocycles. The highest BCUT2D eigenvalue weighted by Crippen LogP contribution is 2.37. The highest BCUT2D eigenvalue weighted by Gasteiger charge is 2.32. The van der Waals surface area contributed by atoms with E-state index in [1.165, 1.54) is 23.5 Å². The van der Waals surface area contributed by atoms with Gasteiger partial charge in [-0.15, -0.1) is 11.3 Å².